The fourth-order valence-corrected chi connectivity index (χ4v) is 2.94. The van der Waals surface area contributed by atoms with E-state index >= 15 is 0 Å². The topological polar surface area (TPSA) is 15.3 Å². The molecule has 1 rings (SSSR count). The second kappa shape index (κ2) is 6.49. The predicted octanol–water partition coefficient (Wildman–Crippen LogP) is 2.49. The van der Waals surface area contributed by atoms with Crippen molar-refractivity contribution in [1.82, 2.24) is 10.2 Å². The summed E-state index contributed by atoms with van der Waals surface area (Å²) in [6.07, 6.45) is 5.71. The van der Waals surface area contributed by atoms with Crippen LogP contribution in [0.25, 0.3) is 0 Å². The van der Waals surface area contributed by atoms with Gasteiger partial charge in [0.2, 0.25) is 0 Å². The lowest BCUT2D eigenvalue weighted by molar-refractivity contribution is 0.110. The van der Waals surface area contributed by atoms with E-state index in [2.05, 4.69) is 38.0 Å². The van der Waals surface area contributed by atoms with Crippen LogP contribution < -0.4 is 5.32 Å². The minimum Gasteiger partial charge on any atom is -0.318 e. The van der Waals surface area contributed by atoms with Gasteiger partial charge in [0, 0.05) is 18.6 Å². The summed E-state index contributed by atoms with van der Waals surface area (Å²) in [5.74, 6) is 0.748. The summed E-state index contributed by atoms with van der Waals surface area (Å²) < 4.78 is 0. The highest BCUT2D eigenvalue weighted by Gasteiger charge is 2.28. The number of likely N-dealkylation sites (N-methyl/N-ethyl adjacent to an activating group) is 2. The van der Waals surface area contributed by atoms with Crippen molar-refractivity contribution >= 4 is 0 Å². The van der Waals surface area contributed by atoms with E-state index in [9.17, 15) is 0 Å². The van der Waals surface area contributed by atoms with E-state index in [4.69, 9.17) is 0 Å². The van der Waals surface area contributed by atoms with Gasteiger partial charge in [-0.3, -0.25) is 4.90 Å². The molecule has 0 radical (unpaired) electrons. The fourth-order valence-electron chi connectivity index (χ4n) is 2.94. The number of nitrogens with one attached hydrogen (secondary N) is 1. The molecule has 1 aliphatic carbocycles. The van der Waals surface area contributed by atoms with Crippen molar-refractivity contribution in [3.8, 4) is 0 Å². The van der Waals surface area contributed by atoms with E-state index in [0.717, 1.165) is 18.5 Å². The van der Waals surface area contributed by atoms with E-state index in [-0.39, 0.29) is 0 Å². The largest absolute Gasteiger partial charge is 0.318 e. The zero-order valence-corrected chi connectivity index (χ0v) is 10.9. The maximum Gasteiger partial charge on any atom is 0.0246 e. The van der Waals surface area contributed by atoms with Crippen LogP contribution >= 0.6 is 0 Å². The summed E-state index contributed by atoms with van der Waals surface area (Å²) in [5.41, 5.74) is 0. The first kappa shape index (κ1) is 13.0. The first-order valence-corrected chi connectivity index (χ1v) is 6.61. The quantitative estimate of drug-likeness (QED) is 0.728. The molecule has 1 atom stereocenters. The van der Waals surface area contributed by atoms with Crippen molar-refractivity contribution in [3.63, 3.8) is 0 Å². The van der Waals surface area contributed by atoms with Crippen molar-refractivity contribution in [3.05, 3.63) is 0 Å². The normalized spacial score (nSPS) is 20.4. The predicted molar refractivity (Wildman–Crippen MR) is 67.2 cm³/mol. The summed E-state index contributed by atoms with van der Waals surface area (Å²) in [5, 5.41) is 3.35. The van der Waals surface area contributed by atoms with Gasteiger partial charge >= 0.3 is 0 Å². The van der Waals surface area contributed by atoms with Crippen molar-refractivity contribution in [2.75, 3.05) is 20.1 Å². The third-order valence-corrected chi connectivity index (χ3v) is 3.77. The molecule has 90 valence electrons. The van der Waals surface area contributed by atoms with E-state index in [1.807, 2.05) is 0 Å². The number of nitrogens with zero attached hydrogens (tertiary/aromatic N) is 1. The minimum atomic E-state index is 0.711. The van der Waals surface area contributed by atoms with Crippen LogP contribution in [0, 0.1) is 5.92 Å². The Kier molecular flexibility index (Phi) is 5.62. The lowest BCUT2D eigenvalue weighted by Gasteiger charge is -2.38. The SMILES string of the molecule is CCN(C1CCCC1)C(CNC)C(C)C. The first-order valence-electron chi connectivity index (χ1n) is 6.61. The zero-order valence-electron chi connectivity index (χ0n) is 10.9. The van der Waals surface area contributed by atoms with E-state index in [0.29, 0.717) is 6.04 Å². The molecule has 0 aromatic carbocycles. The third-order valence-electron chi connectivity index (χ3n) is 3.77. The molecule has 2 nitrogen and oxygen atoms in total. The van der Waals surface area contributed by atoms with Crippen molar-refractivity contribution in [2.45, 2.75) is 58.5 Å². The maximum atomic E-state index is 3.35. The van der Waals surface area contributed by atoms with Gasteiger partial charge in [0.25, 0.3) is 0 Å². The van der Waals surface area contributed by atoms with Gasteiger partial charge in [0.1, 0.15) is 0 Å². The van der Waals surface area contributed by atoms with Gasteiger partial charge in [-0.05, 0) is 32.4 Å². The van der Waals surface area contributed by atoms with E-state index < -0.39 is 0 Å². The molecule has 2 heteroatoms. The van der Waals surface area contributed by atoms with E-state index in [1.165, 1.54) is 32.2 Å². The maximum absolute atomic E-state index is 3.35. The summed E-state index contributed by atoms with van der Waals surface area (Å²) in [6.45, 7) is 9.33. The Hall–Kier alpha value is -0.0800. The Morgan fingerprint density at radius 2 is 1.87 bits per heavy atom. The van der Waals surface area contributed by atoms with Crippen LogP contribution in [-0.2, 0) is 0 Å². The first-order chi connectivity index (χ1) is 7.20. The molecule has 0 amide bonds. The van der Waals surface area contributed by atoms with Crippen LogP contribution in [0.3, 0.4) is 0 Å². The van der Waals surface area contributed by atoms with Crippen LogP contribution in [0.1, 0.15) is 46.5 Å². The molecule has 0 spiro atoms. The molecule has 1 unspecified atom stereocenters. The van der Waals surface area contributed by atoms with Gasteiger partial charge < -0.3 is 5.32 Å². The monoisotopic (exact) mass is 212 g/mol. The Labute approximate surface area is 95.4 Å². The summed E-state index contributed by atoms with van der Waals surface area (Å²) in [7, 11) is 2.07. The molecule has 1 saturated carbocycles. The van der Waals surface area contributed by atoms with Crippen molar-refractivity contribution in [1.29, 1.82) is 0 Å². The zero-order chi connectivity index (χ0) is 11.3. The lowest BCUT2D eigenvalue weighted by Crippen LogP contribution is -2.49. The molecule has 1 N–H and O–H groups in total. The van der Waals surface area contributed by atoms with Gasteiger partial charge in [-0.15, -0.1) is 0 Å². The van der Waals surface area contributed by atoms with Crippen LogP contribution in [0.5, 0.6) is 0 Å². The van der Waals surface area contributed by atoms with Gasteiger partial charge in [0.05, 0.1) is 0 Å². The van der Waals surface area contributed by atoms with Crippen molar-refractivity contribution < 1.29 is 0 Å². The second-order valence-electron chi connectivity index (χ2n) is 5.14. The molecule has 0 saturated heterocycles. The minimum absolute atomic E-state index is 0.711. The highest BCUT2D eigenvalue weighted by molar-refractivity contribution is 4.84. The van der Waals surface area contributed by atoms with Gasteiger partial charge in [-0.2, -0.15) is 0 Å². The molecule has 15 heavy (non-hydrogen) atoms. The standard InChI is InChI=1S/C13H28N2/c1-5-15(12-8-6-7-9-12)13(10-14-4)11(2)3/h11-14H,5-10H2,1-4H3. The average molecular weight is 212 g/mol. The van der Waals surface area contributed by atoms with Crippen molar-refractivity contribution in [2.24, 2.45) is 5.92 Å². The average Bonchev–Trinajstić information content (AvgIpc) is 2.71. The van der Waals surface area contributed by atoms with Gasteiger partial charge in [-0.25, -0.2) is 0 Å². The molecule has 0 heterocycles. The second-order valence-corrected chi connectivity index (χ2v) is 5.14. The molecule has 0 aromatic rings. The summed E-state index contributed by atoms with van der Waals surface area (Å²) in [6, 6.07) is 1.57. The Morgan fingerprint density at radius 1 is 1.27 bits per heavy atom. The molecular formula is C13H28N2. The third kappa shape index (κ3) is 3.46. The number of rotatable bonds is 6. The molecule has 0 bridgehead atoms. The Balaban J connectivity index is 2.59. The molecular weight excluding hydrogens is 184 g/mol. The molecule has 1 aliphatic rings. The Morgan fingerprint density at radius 3 is 2.27 bits per heavy atom. The molecule has 0 aromatic heterocycles. The number of hydrogen-bond acceptors (Lipinski definition) is 2. The molecule has 0 aliphatic heterocycles. The smallest absolute Gasteiger partial charge is 0.0246 e. The Bertz CT molecular complexity index is 162. The van der Waals surface area contributed by atoms with Crippen LogP contribution in [-0.4, -0.2) is 37.1 Å². The van der Waals surface area contributed by atoms with Gasteiger partial charge in [0.15, 0.2) is 0 Å². The highest BCUT2D eigenvalue weighted by atomic mass is 15.2. The van der Waals surface area contributed by atoms with Gasteiger partial charge in [-0.1, -0.05) is 33.6 Å². The fraction of sp³-hybridized carbons (Fsp3) is 1.00. The highest BCUT2D eigenvalue weighted by Crippen LogP contribution is 2.26. The summed E-state index contributed by atoms with van der Waals surface area (Å²) >= 11 is 0. The van der Waals surface area contributed by atoms with Crippen LogP contribution in [0.4, 0.5) is 0 Å². The van der Waals surface area contributed by atoms with Crippen LogP contribution in [0.2, 0.25) is 0 Å². The molecule has 1 fully saturated rings. The number of hydrogen-bond donors (Lipinski definition) is 1. The lowest BCUT2D eigenvalue weighted by atomic mass is 10.00. The van der Waals surface area contributed by atoms with E-state index in [1.54, 1.807) is 0 Å². The summed E-state index contributed by atoms with van der Waals surface area (Å²) in [4.78, 5) is 2.73. The van der Waals surface area contributed by atoms with Crippen LogP contribution in [0.15, 0.2) is 0 Å².